The minimum absolute atomic E-state index is 0.0407. The molecule has 8 heteroatoms. The third kappa shape index (κ3) is 5.05. The quantitative estimate of drug-likeness (QED) is 0.507. The number of benzene rings is 2. The minimum atomic E-state index is -0.585. The molecule has 0 heterocycles. The SMILES string of the molecule is O=C(Cc1ccc(Cl)cc1)N/N=C\c1ccc(Cl)c([N+](=O)[O-])c1. The molecule has 0 spiro atoms. The Labute approximate surface area is 141 Å². The highest BCUT2D eigenvalue weighted by atomic mass is 35.5. The highest BCUT2D eigenvalue weighted by molar-refractivity contribution is 6.32. The van der Waals surface area contributed by atoms with E-state index in [1.54, 1.807) is 30.3 Å². The van der Waals surface area contributed by atoms with Gasteiger partial charge in [-0.05, 0) is 23.8 Å². The van der Waals surface area contributed by atoms with Gasteiger partial charge in [-0.1, -0.05) is 41.4 Å². The third-order valence-electron chi connectivity index (χ3n) is 2.85. The molecule has 1 amide bonds. The Morgan fingerprint density at radius 1 is 1.22 bits per heavy atom. The summed E-state index contributed by atoms with van der Waals surface area (Å²) >= 11 is 11.5. The van der Waals surface area contributed by atoms with Gasteiger partial charge in [0.1, 0.15) is 5.02 Å². The summed E-state index contributed by atoms with van der Waals surface area (Å²) in [5.41, 5.74) is 3.38. The molecule has 0 unspecified atom stereocenters. The molecule has 2 aromatic rings. The first-order chi connectivity index (χ1) is 11.0. The van der Waals surface area contributed by atoms with E-state index in [9.17, 15) is 14.9 Å². The normalized spacial score (nSPS) is 10.7. The molecule has 118 valence electrons. The van der Waals surface area contributed by atoms with Gasteiger partial charge in [0, 0.05) is 16.7 Å². The van der Waals surface area contributed by atoms with Crippen molar-refractivity contribution < 1.29 is 9.72 Å². The molecule has 2 rings (SSSR count). The lowest BCUT2D eigenvalue weighted by molar-refractivity contribution is -0.384. The van der Waals surface area contributed by atoms with E-state index in [1.807, 2.05) is 0 Å². The van der Waals surface area contributed by atoms with Crippen LogP contribution in [0.25, 0.3) is 0 Å². The number of nitrogens with one attached hydrogen (secondary N) is 1. The van der Waals surface area contributed by atoms with Crippen molar-refractivity contribution in [2.24, 2.45) is 5.10 Å². The zero-order valence-electron chi connectivity index (χ0n) is 11.7. The fourth-order valence-corrected chi connectivity index (χ4v) is 2.07. The van der Waals surface area contributed by atoms with Gasteiger partial charge in [-0.15, -0.1) is 0 Å². The minimum Gasteiger partial charge on any atom is -0.273 e. The van der Waals surface area contributed by atoms with Crippen molar-refractivity contribution in [1.82, 2.24) is 5.43 Å². The molecule has 0 bridgehead atoms. The number of hydrogen-bond donors (Lipinski definition) is 1. The molecule has 0 saturated carbocycles. The number of amides is 1. The topological polar surface area (TPSA) is 84.6 Å². The molecule has 2 aromatic carbocycles. The first kappa shape index (κ1) is 16.9. The van der Waals surface area contributed by atoms with Gasteiger partial charge in [-0.3, -0.25) is 14.9 Å². The molecule has 6 nitrogen and oxygen atoms in total. The summed E-state index contributed by atoms with van der Waals surface area (Å²) in [6.07, 6.45) is 1.46. The Balaban J connectivity index is 1.96. The molecule has 0 aliphatic rings. The van der Waals surface area contributed by atoms with Crippen LogP contribution >= 0.6 is 23.2 Å². The van der Waals surface area contributed by atoms with E-state index < -0.39 is 4.92 Å². The maximum absolute atomic E-state index is 11.7. The van der Waals surface area contributed by atoms with Gasteiger partial charge in [0.25, 0.3) is 5.69 Å². The van der Waals surface area contributed by atoms with Crippen LogP contribution in [0.5, 0.6) is 0 Å². The molecule has 0 saturated heterocycles. The van der Waals surface area contributed by atoms with Crippen molar-refractivity contribution in [2.75, 3.05) is 0 Å². The van der Waals surface area contributed by atoms with Crippen LogP contribution in [-0.4, -0.2) is 17.0 Å². The first-order valence-corrected chi connectivity index (χ1v) is 7.21. The number of nitro benzene ring substituents is 1. The summed E-state index contributed by atoms with van der Waals surface area (Å²) < 4.78 is 0. The van der Waals surface area contributed by atoms with Gasteiger partial charge in [0.05, 0.1) is 17.6 Å². The molecule has 0 fully saturated rings. The van der Waals surface area contributed by atoms with Crippen LogP contribution in [0.3, 0.4) is 0 Å². The largest absolute Gasteiger partial charge is 0.288 e. The van der Waals surface area contributed by atoms with Crippen molar-refractivity contribution >= 4 is 41.0 Å². The summed E-state index contributed by atoms with van der Waals surface area (Å²) in [6.45, 7) is 0. The van der Waals surface area contributed by atoms with E-state index in [4.69, 9.17) is 23.2 Å². The summed E-state index contributed by atoms with van der Waals surface area (Å²) in [6, 6.07) is 11.1. The highest BCUT2D eigenvalue weighted by Crippen LogP contribution is 2.24. The first-order valence-electron chi connectivity index (χ1n) is 6.46. The summed E-state index contributed by atoms with van der Waals surface area (Å²) in [4.78, 5) is 21.9. The maximum Gasteiger partial charge on any atom is 0.288 e. The molecule has 0 atom stereocenters. The van der Waals surface area contributed by atoms with Crippen LogP contribution in [0.1, 0.15) is 11.1 Å². The zero-order chi connectivity index (χ0) is 16.8. The average molecular weight is 352 g/mol. The standard InChI is InChI=1S/C15H11Cl2N3O3/c16-12-4-1-10(2-5-12)8-15(21)19-18-9-11-3-6-13(17)14(7-11)20(22)23/h1-7,9H,8H2,(H,19,21)/b18-9-. The van der Waals surface area contributed by atoms with Gasteiger partial charge in [0.15, 0.2) is 0 Å². The lowest BCUT2D eigenvalue weighted by atomic mass is 10.1. The molecule has 0 aromatic heterocycles. The second-order valence-corrected chi connectivity index (χ2v) is 5.41. The number of carbonyl (C=O) groups is 1. The fraction of sp³-hybridized carbons (Fsp3) is 0.0667. The van der Waals surface area contributed by atoms with Crippen LogP contribution in [0.4, 0.5) is 5.69 Å². The van der Waals surface area contributed by atoms with Gasteiger partial charge >= 0.3 is 0 Å². The van der Waals surface area contributed by atoms with E-state index in [0.29, 0.717) is 10.6 Å². The van der Waals surface area contributed by atoms with Gasteiger partial charge in [-0.25, -0.2) is 5.43 Å². The van der Waals surface area contributed by atoms with Crippen LogP contribution < -0.4 is 5.43 Å². The molecular weight excluding hydrogens is 341 g/mol. The number of hydrazone groups is 1. The molecule has 23 heavy (non-hydrogen) atoms. The van der Waals surface area contributed by atoms with E-state index >= 15 is 0 Å². The lowest BCUT2D eigenvalue weighted by Crippen LogP contribution is -2.19. The van der Waals surface area contributed by atoms with E-state index in [0.717, 1.165) is 5.56 Å². The van der Waals surface area contributed by atoms with E-state index in [2.05, 4.69) is 10.5 Å². The number of nitrogens with zero attached hydrogens (tertiary/aromatic N) is 2. The van der Waals surface area contributed by atoms with Crippen LogP contribution in [0.2, 0.25) is 10.0 Å². The molecule has 1 N–H and O–H groups in total. The Bertz CT molecular complexity index is 761. The van der Waals surface area contributed by atoms with Crippen LogP contribution in [0, 0.1) is 10.1 Å². The van der Waals surface area contributed by atoms with Gasteiger partial charge < -0.3 is 0 Å². The van der Waals surface area contributed by atoms with Gasteiger partial charge in [0.2, 0.25) is 5.91 Å². The van der Waals surface area contributed by atoms with E-state index in [-0.39, 0.29) is 23.0 Å². The Kier molecular flexibility index (Phi) is 5.67. The molecule has 0 aliphatic heterocycles. The number of nitro groups is 1. The molecule has 0 radical (unpaired) electrons. The highest BCUT2D eigenvalue weighted by Gasteiger charge is 2.11. The van der Waals surface area contributed by atoms with Crippen molar-refractivity contribution in [1.29, 1.82) is 0 Å². The lowest BCUT2D eigenvalue weighted by Gasteiger charge is -2.01. The Morgan fingerprint density at radius 3 is 2.57 bits per heavy atom. The monoisotopic (exact) mass is 351 g/mol. The van der Waals surface area contributed by atoms with Crippen molar-refractivity contribution in [3.63, 3.8) is 0 Å². The second-order valence-electron chi connectivity index (χ2n) is 4.56. The van der Waals surface area contributed by atoms with Crippen molar-refractivity contribution in [3.05, 3.63) is 73.8 Å². The predicted octanol–water partition coefficient (Wildman–Crippen LogP) is 3.59. The average Bonchev–Trinajstić information content (AvgIpc) is 2.51. The van der Waals surface area contributed by atoms with Crippen LogP contribution in [0.15, 0.2) is 47.6 Å². The Morgan fingerprint density at radius 2 is 1.91 bits per heavy atom. The predicted molar refractivity (Wildman–Crippen MR) is 89.0 cm³/mol. The van der Waals surface area contributed by atoms with Gasteiger partial charge in [-0.2, -0.15) is 5.10 Å². The second kappa shape index (κ2) is 7.71. The Hall–Kier alpha value is -2.44. The number of carbonyl (C=O) groups excluding carboxylic acids is 1. The molecular formula is C15H11Cl2N3O3. The zero-order valence-corrected chi connectivity index (χ0v) is 13.2. The summed E-state index contributed by atoms with van der Waals surface area (Å²) in [5.74, 6) is -0.313. The van der Waals surface area contributed by atoms with Crippen molar-refractivity contribution in [3.8, 4) is 0 Å². The van der Waals surface area contributed by atoms with E-state index in [1.165, 1.54) is 18.3 Å². The molecule has 0 aliphatic carbocycles. The number of rotatable bonds is 5. The fourth-order valence-electron chi connectivity index (χ4n) is 1.76. The summed E-state index contributed by atoms with van der Waals surface area (Å²) in [5, 5.41) is 15.2. The number of hydrogen-bond acceptors (Lipinski definition) is 4. The van der Waals surface area contributed by atoms with Crippen molar-refractivity contribution in [2.45, 2.75) is 6.42 Å². The summed E-state index contributed by atoms with van der Waals surface area (Å²) in [7, 11) is 0. The smallest absolute Gasteiger partial charge is 0.273 e. The van der Waals surface area contributed by atoms with Crippen LogP contribution in [-0.2, 0) is 11.2 Å². The third-order valence-corrected chi connectivity index (χ3v) is 3.42. The maximum atomic E-state index is 11.7. The number of halogens is 2.